The minimum atomic E-state index is -0.668. The molecule has 0 aromatic rings. The summed E-state index contributed by atoms with van der Waals surface area (Å²) in [4.78, 5) is 24.5. The molecule has 0 radical (unpaired) electrons. The van der Waals surface area contributed by atoms with Crippen LogP contribution in [0.25, 0.3) is 0 Å². The molecule has 0 aliphatic heterocycles. The molecule has 1 amide bonds. The fraction of sp³-hybridized carbons (Fsp3) is 0.963. The number of aliphatic hydroxyl groups excluding tert-OH is 2. The summed E-state index contributed by atoms with van der Waals surface area (Å²) >= 11 is 0. The van der Waals surface area contributed by atoms with Crippen LogP contribution >= 0.6 is 0 Å². The van der Waals surface area contributed by atoms with Crippen molar-refractivity contribution in [2.45, 2.75) is 321 Å². The number of hydrogen-bond donors (Lipinski definition) is 3. The van der Waals surface area contributed by atoms with Crippen LogP contribution in [0, 0.1) is 0 Å². The lowest BCUT2D eigenvalue weighted by Gasteiger charge is -2.22. The number of nitrogens with one attached hydrogen (secondary N) is 1. The van der Waals surface area contributed by atoms with Crippen molar-refractivity contribution in [2.75, 3.05) is 13.2 Å². The van der Waals surface area contributed by atoms with Crippen LogP contribution in [0.15, 0.2) is 0 Å². The van der Waals surface area contributed by atoms with Gasteiger partial charge in [0, 0.05) is 12.8 Å². The summed E-state index contributed by atoms with van der Waals surface area (Å²) in [6.45, 7) is 4.94. The molecule has 6 heteroatoms. The second-order valence-electron chi connectivity index (χ2n) is 18.9. The van der Waals surface area contributed by atoms with E-state index in [1.54, 1.807) is 0 Å². The Kier molecular flexibility index (Phi) is 49.5. The lowest BCUT2D eigenvalue weighted by molar-refractivity contribution is -0.143. The standard InChI is InChI=1S/C54H107NO5/c1-3-5-7-9-11-13-15-16-17-18-19-20-24-28-32-36-40-44-48-54(59)60-49-45-41-37-33-29-25-22-21-23-27-31-35-39-43-47-53(58)55-51(50-56)52(57)46-42-38-34-30-26-14-12-10-8-6-4-2/h51-52,56-57H,3-50H2,1-2H3,(H,55,58). The van der Waals surface area contributed by atoms with Gasteiger partial charge in [0.25, 0.3) is 0 Å². The zero-order chi connectivity index (χ0) is 43.7. The molecule has 2 unspecified atom stereocenters. The molecule has 0 bridgehead atoms. The highest BCUT2D eigenvalue weighted by Crippen LogP contribution is 2.17. The molecule has 0 saturated carbocycles. The zero-order valence-electron chi connectivity index (χ0n) is 40.7. The molecule has 0 heterocycles. The van der Waals surface area contributed by atoms with Crippen molar-refractivity contribution in [2.24, 2.45) is 0 Å². The molecule has 6 nitrogen and oxygen atoms in total. The van der Waals surface area contributed by atoms with Gasteiger partial charge in [-0.15, -0.1) is 0 Å². The molecule has 0 fully saturated rings. The summed E-state index contributed by atoms with van der Waals surface area (Å²) in [7, 11) is 0. The quantitative estimate of drug-likeness (QED) is 0.0418. The number of unbranched alkanes of at least 4 members (excludes halogenated alkanes) is 40. The van der Waals surface area contributed by atoms with Crippen molar-refractivity contribution in [1.82, 2.24) is 5.32 Å². The van der Waals surface area contributed by atoms with E-state index < -0.39 is 12.1 Å². The van der Waals surface area contributed by atoms with E-state index in [2.05, 4.69) is 19.2 Å². The van der Waals surface area contributed by atoms with Crippen molar-refractivity contribution < 1.29 is 24.5 Å². The third-order valence-corrected chi connectivity index (χ3v) is 12.9. The lowest BCUT2D eigenvalue weighted by atomic mass is 10.0. The fourth-order valence-electron chi connectivity index (χ4n) is 8.70. The highest BCUT2D eigenvalue weighted by molar-refractivity contribution is 5.76. The van der Waals surface area contributed by atoms with Crippen molar-refractivity contribution >= 4 is 11.9 Å². The van der Waals surface area contributed by atoms with Crippen LogP contribution in [0.3, 0.4) is 0 Å². The molecule has 0 saturated heterocycles. The van der Waals surface area contributed by atoms with Crippen LogP contribution in [0.2, 0.25) is 0 Å². The zero-order valence-corrected chi connectivity index (χ0v) is 40.7. The van der Waals surface area contributed by atoms with E-state index in [-0.39, 0.29) is 18.5 Å². The number of amides is 1. The number of carbonyl (C=O) groups is 2. The predicted octanol–water partition coefficient (Wildman–Crippen LogP) is 16.4. The van der Waals surface area contributed by atoms with E-state index in [1.807, 2.05) is 0 Å². The van der Waals surface area contributed by atoms with Gasteiger partial charge in [0.05, 0.1) is 25.4 Å². The maximum Gasteiger partial charge on any atom is 0.305 e. The highest BCUT2D eigenvalue weighted by Gasteiger charge is 2.20. The Hall–Kier alpha value is -1.14. The second-order valence-corrected chi connectivity index (χ2v) is 18.9. The molecular weight excluding hydrogens is 743 g/mol. The summed E-state index contributed by atoms with van der Waals surface area (Å²) in [6, 6.07) is -0.546. The smallest absolute Gasteiger partial charge is 0.305 e. The maximum atomic E-state index is 12.4. The van der Waals surface area contributed by atoms with Gasteiger partial charge in [-0.3, -0.25) is 9.59 Å². The third kappa shape index (κ3) is 46.4. The minimum Gasteiger partial charge on any atom is -0.466 e. The van der Waals surface area contributed by atoms with Crippen molar-refractivity contribution in [1.29, 1.82) is 0 Å². The highest BCUT2D eigenvalue weighted by atomic mass is 16.5. The summed E-state index contributed by atoms with van der Waals surface area (Å²) in [5, 5.41) is 23.1. The Labute approximate surface area is 375 Å². The summed E-state index contributed by atoms with van der Waals surface area (Å²) < 4.78 is 5.48. The van der Waals surface area contributed by atoms with E-state index in [9.17, 15) is 19.8 Å². The molecule has 2 atom stereocenters. The van der Waals surface area contributed by atoms with Crippen molar-refractivity contribution in [3.05, 3.63) is 0 Å². The Morgan fingerprint density at radius 2 is 0.683 bits per heavy atom. The Balaban J connectivity index is 3.38. The topological polar surface area (TPSA) is 95.9 Å². The van der Waals surface area contributed by atoms with E-state index in [0.717, 1.165) is 51.4 Å². The molecule has 0 aliphatic rings. The van der Waals surface area contributed by atoms with Crippen LogP contribution in [-0.4, -0.2) is 47.4 Å². The molecule has 0 spiro atoms. The molecule has 358 valence electrons. The average molecular weight is 850 g/mol. The predicted molar refractivity (Wildman–Crippen MR) is 260 cm³/mol. The number of esters is 1. The average Bonchev–Trinajstić information content (AvgIpc) is 3.25. The molecule has 0 aromatic carbocycles. The molecule has 60 heavy (non-hydrogen) atoms. The largest absolute Gasteiger partial charge is 0.466 e. The molecule has 3 N–H and O–H groups in total. The first kappa shape index (κ1) is 58.9. The number of carbonyl (C=O) groups excluding carboxylic acids is 2. The number of aliphatic hydroxyl groups is 2. The Morgan fingerprint density at radius 3 is 1.02 bits per heavy atom. The van der Waals surface area contributed by atoms with Gasteiger partial charge in [-0.2, -0.15) is 0 Å². The molecule has 0 aromatic heterocycles. The van der Waals surface area contributed by atoms with E-state index >= 15 is 0 Å². The number of ether oxygens (including phenoxy) is 1. The van der Waals surface area contributed by atoms with Gasteiger partial charge >= 0.3 is 5.97 Å². The maximum absolute atomic E-state index is 12.4. The van der Waals surface area contributed by atoms with E-state index in [0.29, 0.717) is 25.9 Å². The fourth-order valence-corrected chi connectivity index (χ4v) is 8.70. The first-order chi connectivity index (χ1) is 29.5. The number of rotatable bonds is 51. The third-order valence-electron chi connectivity index (χ3n) is 12.9. The van der Waals surface area contributed by atoms with Crippen LogP contribution in [-0.2, 0) is 14.3 Å². The van der Waals surface area contributed by atoms with Gasteiger partial charge in [0.15, 0.2) is 0 Å². The summed E-state index contributed by atoms with van der Waals surface area (Å²) in [6.07, 6.45) is 56.5. The van der Waals surface area contributed by atoms with Crippen LogP contribution in [0.4, 0.5) is 0 Å². The van der Waals surface area contributed by atoms with Gasteiger partial charge in [0.1, 0.15) is 0 Å². The Morgan fingerprint density at radius 1 is 0.400 bits per heavy atom. The SMILES string of the molecule is CCCCCCCCCCCCCCCCCCCCC(=O)OCCCCCCCCCCCCCCCCC(=O)NC(CO)C(O)CCCCCCCCCCCCC. The molecule has 0 rings (SSSR count). The first-order valence-electron chi connectivity index (χ1n) is 27.3. The van der Waals surface area contributed by atoms with E-state index in [1.165, 1.54) is 225 Å². The van der Waals surface area contributed by atoms with Gasteiger partial charge < -0.3 is 20.3 Å². The van der Waals surface area contributed by atoms with Gasteiger partial charge in [-0.1, -0.05) is 271 Å². The second kappa shape index (κ2) is 50.5. The van der Waals surface area contributed by atoms with Gasteiger partial charge in [-0.25, -0.2) is 0 Å². The van der Waals surface area contributed by atoms with Crippen molar-refractivity contribution in [3.8, 4) is 0 Å². The van der Waals surface area contributed by atoms with Gasteiger partial charge in [0.2, 0.25) is 5.91 Å². The summed E-state index contributed by atoms with van der Waals surface area (Å²) in [5.74, 6) is -0.0421. The van der Waals surface area contributed by atoms with Crippen LogP contribution < -0.4 is 5.32 Å². The normalized spacial score (nSPS) is 12.5. The molecular formula is C54H107NO5. The Bertz CT molecular complexity index is 852. The van der Waals surface area contributed by atoms with E-state index in [4.69, 9.17) is 4.74 Å². The van der Waals surface area contributed by atoms with Crippen LogP contribution in [0.1, 0.15) is 309 Å². The van der Waals surface area contributed by atoms with Crippen LogP contribution in [0.5, 0.6) is 0 Å². The lowest BCUT2D eigenvalue weighted by Crippen LogP contribution is -2.45. The van der Waals surface area contributed by atoms with Crippen molar-refractivity contribution in [3.63, 3.8) is 0 Å². The monoisotopic (exact) mass is 850 g/mol. The number of hydrogen-bond acceptors (Lipinski definition) is 5. The first-order valence-corrected chi connectivity index (χ1v) is 27.3. The minimum absolute atomic E-state index is 0.00271. The summed E-state index contributed by atoms with van der Waals surface area (Å²) in [5.41, 5.74) is 0. The molecule has 0 aliphatic carbocycles. The van der Waals surface area contributed by atoms with Gasteiger partial charge in [-0.05, 0) is 25.7 Å².